The summed E-state index contributed by atoms with van der Waals surface area (Å²) < 4.78 is 27.9. The molecule has 0 aliphatic carbocycles. The monoisotopic (exact) mass is 431 g/mol. The Labute approximate surface area is 171 Å². The molecule has 0 unspecified atom stereocenters. The van der Waals surface area contributed by atoms with Gasteiger partial charge in [-0.25, -0.2) is 13.6 Å². The van der Waals surface area contributed by atoms with E-state index in [2.05, 4.69) is 10.6 Å². The van der Waals surface area contributed by atoms with Crippen LogP contribution in [0.1, 0.15) is 19.3 Å². The van der Waals surface area contributed by atoms with Crippen molar-refractivity contribution in [2.75, 3.05) is 17.7 Å². The third-order valence-corrected chi connectivity index (χ3v) is 5.82. The molecular formula is C19H17N3O5S2. The molecule has 2 amide bonds. The van der Waals surface area contributed by atoms with Crippen LogP contribution in [0.2, 0.25) is 0 Å². The van der Waals surface area contributed by atoms with Crippen molar-refractivity contribution >= 4 is 44.5 Å². The maximum atomic E-state index is 12.4. The number of primary sulfonamides is 1. The number of carbonyl (C=O) groups excluding carboxylic acids is 2. The standard InChI is InChI=1S/C19H17N3O5S2/c1-27-14-7-5-12(6-8-14)21-18(23)16-9-10-17(28-16)19(24)22-13-3-2-4-15(11-13)29(20,25)26/h2-11H,1H3,(H,21,23)(H,22,24)(H2,20,25,26). The predicted octanol–water partition coefficient (Wildman–Crippen LogP) is 2.91. The van der Waals surface area contributed by atoms with Gasteiger partial charge in [0.25, 0.3) is 11.8 Å². The van der Waals surface area contributed by atoms with Crippen molar-refractivity contribution in [3.63, 3.8) is 0 Å². The molecule has 10 heteroatoms. The zero-order valence-corrected chi connectivity index (χ0v) is 16.8. The SMILES string of the molecule is COc1ccc(NC(=O)c2ccc(C(=O)Nc3cccc(S(N)(=O)=O)c3)s2)cc1. The summed E-state index contributed by atoms with van der Waals surface area (Å²) in [5.41, 5.74) is 0.870. The number of thiophene rings is 1. The molecule has 1 aromatic heterocycles. The van der Waals surface area contributed by atoms with Gasteiger partial charge in [0.2, 0.25) is 10.0 Å². The van der Waals surface area contributed by atoms with Gasteiger partial charge in [0.15, 0.2) is 0 Å². The van der Waals surface area contributed by atoms with Gasteiger partial charge in [0, 0.05) is 11.4 Å². The summed E-state index contributed by atoms with van der Waals surface area (Å²) in [6, 6.07) is 15.5. The van der Waals surface area contributed by atoms with Crippen LogP contribution in [0.25, 0.3) is 0 Å². The molecule has 0 radical (unpaired) electrons. The Morgan fingerprint density at radius 3 is 2.03 bits per heavy atom. The zero-order chi connectivity index (χ0) is 21.0. The molecule has 29 heavy (non-hydrogen) atoms. The van der Waals surface area contributed by atoms with E-state index in [-0.39, 0.29) is 16.5 Å². The maximum Gasteiger partial charge on any atom is 0.265 e. The first-order valence-electron chi connectivity index (χ1n) is 8.26. The zero-order valence-electron chi connectivity index (χ0n) is 15.2. The number of nitrogens with one attached hydrogen (secondary N) is 2. The van der Waals surface area contributed by atoms with Crippen molar-refractivity contribution in [2.24, 2.45) is 5.14 Å². The van der Waals surface area contributed by atoms with E-state index >= 15 is 0 Å². The van der Waals surface area contributed by atoms with E-state index in [1.165, 1.54) is 30.3 Å². The summed E-state index contributed by atoms with van der Waals surface area (Å²) >= 11 is 1.01. The second-order valence-corrected chi connectivity index (χ2v) is 8.52. The fraction of sp³-hybridized carbons (Fsp3) is 0.0526. The van der Waals surface area contributed by atoms with Crippen molar-refractivity contribution in [1.29, 1.82) is 0 Å². The molecule has 0 atom stereocenters. The largest absolute Gasteiger partial charge is 0.497 e. The quantitative estimate of drug-likeness (QED) is 0.553. The van der Waals surface area contributed by atoms with E-state index in [1.54, 1.807) is 37.4 Å². The predicted molar refractivity (Wildman–Crippen MR) is 111 cm³/mol. The summed E-state index contributed by atoms with van der Waals surface area (Å²) in [5, 5.41) is 10.4. The molecule has 4 N–H and O–H groups in total. The number of amides is 2. The summed E-state index contributed by atoms with van der Waals surface area (Å²) in [6.45, 7) is 0. The third kappa shape index (κ3) is 5.19. The van der Waals surface area contributed by atoms with Crippen molar-refractivity contribution in [1.82, 2.24) is 0 Å². The highest BCUT2D eigenvalue weighted by molar-refractivity contribution is 7.89. The van der Waals surface area contributed by atoms with Crippen LogP contribution in [-0.4, -0.2) is 27.3 Å². The van der Waals surface area contributed by atoms with Crippen molar-refractivity contribution in [3.8, 4) is 5.75 Å². The lowest BCUT2D eigenvalue weighted by Crippen LogP contribution is -2.14. The second kappa shape index (κ2) is 8.43. The molecule has 2 aromatic carbocycles. The minimum absolute atomic E-state index is 0.110. The molecule has 3 rings (SSSR count). The van der Waals surface area contributed by atoms with Gasteiger partial charge in [-0.2, -0.15) is 0 Å². The van der Waals surface area contributed by atoms with E-state index in [1.807, 2.05) is 0 Å². The van der Waals surface area contributed by atoms with E-state index in [0.717, 1.165) is 11.3 Å². The fourth-order valence-electron chi connectivity index (χ4n) is 2.39. The van der Waals surface area contributed by atoms with E-state index < -0.39 is 15.9 Å². The van der Waals surface area contributed by atoms with Gasteiger partial charge in [0.05, 0.1) is 21.8 Å². The lowest BCUT2D eigenvalue weighted by atomic mass is 10.3. The molecule has 8 nitrogen and oxygen atoms in total. The molecule has 150 valence electrons. The molecule has 0 aliphatic rings. The van der Waals surface area contributed by atoms with Crippen LogP contribution < -0.4 is 20.5 Å². The molecule has 0 aliphatic heterocycles. The summed E-state index contributed by atoms with van der Waals surface area (Å²) in [6.07, 6.45) is 0. The van der Waals surface area contributed by atoms with Crippen LogP contribution in [0, 0.1) is 0 Å². The number of ether oxygens (including phenoxy) is 1. The molecule has 0 saturated carbocycles. The molecule has 0 fully saturated rings. The van der Waals surface area contributed by atoms with E-state index in [9.17, 15) is 18.0 Å². The first-order valence-corrected chi connectivity index (χ1v) is 10.6. The topological polar surface area (TPSA) is 128 Å². The number of rotatable bonds is 6. The minimum atomic E-state index is -3.88. The fourth-order valence-corrected chi connectivity index (χ4v) is 3.75. The summed E-state index contributed by atoms with van der Waals surface area (Å²) in [4.78, 5) is 25.3. The Morgan fingerprint density at radius 2 is 1.48 bits per heavy atom. The van der Waals surface area contributed by atoms with Crippen molar-refractivity contribution in [3.05, 3.63) is 70.4 Å². The van der Waals surface area contributed by atoms with Crippen LogP contribution >= 0.6 is 11.3 Å². The molecular weight excluding hydrogens is 414 g/mol. The van der Waals surface area contributed by atoms with Crippen LogP contribution in [0.4, 0.5) is 11.4 Å². The van der Waals surface area contributed by atoms with E-state index in [4.69, 9.17) is 9.88 Å². The van der Waals surface area contributed by atoms with Crippen LogP contribution in [-0.2, 0) is 10.0 Å². The van der Waals surface area contributed by atoms with Gasteiger partial charge in [-0.1, -0.05) is 6.07 Å². The molecule has 3 aromatic rings. The lowest BCUT2D eigenvalue weighted by Gasteiger charge is -2.06. The van der Waals surface area contributed by atoms with Crippen LogP contribution in [0.15, 0.2) is 65.6 Å². The Hall–Kier alpha value is -3.21. The van der Waals surface area contributed by atoms with Gasteiger partial charge in [-0.15, -0.1) is 11.3 Å². The number of nitrogens with two attached hydrogens (primary N) is 1. The molecule has 0 spiro atoms. The normalized spacial score (nSPS) is 11.0. The second-order valence-electron chi connectivity index (χ2n) is 5.87. The Kier molecular flexibility index (Phi) is 5.97. The molecule has 0 bridgehead atoms. The van der Waals surface area contributed by atoms with Gasteiger partial charge in [-0.05, 0) is 54.6 Å². The van der Waals surface area contributed by atoms with Gasteiger partial charge in [-0.3, -0.25) is 9.59 Å². The maximum absolute atomic E-state index is 12.4. The summed E-state index contributed by atoms with van der Waals surface area (Å²) in [5.74, 6) is -0.148. The number of carbonyl (C=O) groups is 2. The van der Waals surface area contributed by atoms with Crippen molar-refractivity contribution < 1.29 is 22.7 Å². The van der Waals surface area contributed by atoms with Gasteiger partial charge < -0.3 is 15.4 Å². The van der Waals surface area contributed by atoms with Crippen LogP contribution in [0.5, 0.6) is 5.75 Å². The molecule has 0 saturated heterocycles. The number of methoxy groups -OCH3 is 1. The smallest absolute Gasteiger partial charge is 0.265 e. The highest BCUT2D eigenvalue weighted by Crippen LogP contribution is 2.22. The number of anilines is 2. The van der Waals surface area contributed by atoms with Gasteiger partial charge in [0.1, 0.15) is 5.75 Å². The lowest BCUT2D eigenvalue weighted by molar-refractivity contribution is 0.102. The Morgan fingerprint density at radius 1 is 0.897 bits per heavy atom. The Balaban J connectivity index is 1.68. The average molecular weight is 431 g/mol. The summed E-state index contributed by atoms with van der Waals surface area (Å²) in [7, 11) is -2.32. The number of hydrogen-bond donors (Lipinski definition) is 3. The number of benzene rings is 2. The molecule has 1 heterocycles. The average Bonchev–Trinajstić information content (AvgIpc) is 3.19. The highest BCUT2D eigenvalue weighted by atomic mass is 32.2. The minimum Gasteiger partial charge on any atom is -0.497 e. The van der Waals surface area contributed by atoms with Crippen LogP contribution in [0.3, 0.4) is 0 Å². The third-order valence-electron chi connectivity index (χ3n) is 3.82. The first kappa shape index (κ1) is 20.5. The number of hydrogen-bond acceptors (Lipinski definition) is 6. The number of sulfonamides is 1. The van der Waals surface area contributed by atoms with Gasteiger partial charge >= 0.3 is 0 Å². The van der Waals surface area contributed by atoms with Crippen molar-refractivity contribution in [2.45, 2.75) is 4.90 Å². The van der Waals surface area contributed by atoms with E-state index in [0.29, 0.717) is 21.2 Å². The highest BCUT2D eigenvalue weighted by Gasteiger charge is 2.15. The first-order chi connectivity index (χ1) is 13.8. The Bertz CT molecular complexity index is 1150.